The Balaban J connectivity index is 2.34. The summed E-state index contributed by atoms with van der Waals surface area (Å²) in [7, 11) is 0. The zero-order valence-electron chi connectivity index (χ0n) is 11.4. The molecule has 3 heteroatoms. The van der Waals surface area contributed by atoms with E-state index in [-0.39, 0.29) is 5.56 Å². The lowest BCUT2D eigenvalue weighted by Crippen LogP contribution is -2.22. The van der Waals surface area contributed by atoms with Crippen LogP contribution in [0.4, 0.5) is 0 Å². The van der Waals surface area contributed by atoms with Gasteiger partial charge >= 0.3 is 0 Å². The molecule has 0 unspecified atom stereocenters. The molecule has 20 heavy (non-hydrogen) atoms. The van der Waals surface area contributed by atoms with Crippen molar-refractivity contribution in [3.05, 3.63) is 65.1 Å². The fraction of sp³-hybridized carbons (Fsp3) is 0.176. The molecule has 0 aliphatic heterocycles. The number of pyridine rings is 2. The van der Waals surface area contributed by atoms with Gasteiger partial charge in [0.1, 0.15) is 5.65 Å². The summed E-state index contributed by atoms with van der Waals surface area (Å²) in [5, 5.41) is 0.999. The molecule has 3 aromatic rings. The van der Waals surface area contributed by atoms with Gasteiger partial charge in [-0.1, -0.05) is 37.3 Å². The standard InChI is InChI=1S/C17H16N2O/c1-2-11-19-16-14(9-6-10-18-16)12-15(17(19)20)13-7-4-3-5-8-13/h3-10,12H,2,11H2,1H3. The maximum atomic E-state index is 12.7. The van der Waals surface area contributed by atoms with Gasteiger partial charge in [0.2, 0.25) is 0 Å². The lowest BCUT2D eigenvalue weighted by molar-refractivity contribution is 0.673. The van der Waals surface area contributed by atoms with Gasteiger partial charge in [-0.15, -0.1) is 0 Å². The van der Waals surface area contributed by atoms with E-state index in [0.717, 1.165) is 28.6 Å². The number of nitrogens with zero attached hydrogens (tertiary/aromatic N) is 2. The van der Waals surface area contributed by atoms with E-state index in [4.69, 9.17) is 0 Å². The molecule has 0 amide bonds. The molecule has 1 aromatic carbocycles. The fourth-order valence-electron chi connectivity index (χ4n) is 2.46. The summed E-state index contributed by atoms with van der Waals surface area (Å²) in [6.07, 6.45) is 2.64. The number of benzene rings is 1. The van der Waals surface area contributed by atoms with Gasteiger partial charge in [-0.05, 0) is 30.2 Å². The normalized spacial score (nSPS) is 10.8. The average Bonchev–Trinajstić information content (AvgIpc) is 2.51. The van der Waals surface area contributed by atoms with E-state index in [0.29, 0.717) is 6.54 Å². The second-order valence-corrected chi connectivity index (χ2v) is 4.80. The minimum absolute atomic E-state index is 0.0317. The number of fused-ring (bicyclic) bond motifs is 1. The highest BCUT2D eigenvalue weighted by Gasteiger charge is 2.10. The zero-order chi connectivity index (χ0) is 13.9. The molecule has 0 saturated heterocycles. The van der Waals surface area contributed by atoms with Crippen LogP contribution in [0.25, 0.3) is 22.2 Å². The van der Waals surface area contributed by atoms with Crippen molar-refractivity contribution in [1.82, 2.24) is 9.55 Å². The molecule has 0 N–H and O–H groups in total. The molecular weight excluding hydrogens is 248 g/mol. The number of aryl methyl sites for hydroxylation is 1. The molecular formula is C17H16N2O. The molecule has 0 spiro atoms. The van der Waals surface area contributed by atoms with Crippen LogP contribution in [-0.2, 0) is 6.54 Å². The van der Waals surface area contributed by atoms with Crippen LogP contribution in [0.1, 0.15) is 13.3 Å². The monoisotopic (exact) mass is 264 g/mol. The summed E-state index contributed by atoms with van der Waals surface area (Å²) in [6, 6.07) is 15.6. The van der Waals surface area contributed by atoms with Crippen molar-refractivity contribution in [2.45, 2.75) is 19.9 Å². The summed E-state index contributed by atoms with van der Waals surface area (Å²) in [4.78, 5) is 17.1. The average molecular weight is 264 g/mol. The van der Waals surface area contributed by atoms with Crippen molar-refractivity contribution in [3.63, 3.8) is 0 Å². The van der Waals surface area contributed by atoms with Crippen molar-refractivity contribution in [1.29, 1.82) is 0 Å². The molecule has 2 heterocycles. The van der Waals surface area contributed by atoms with Crippen molar-refractivity contribution < 1.29 is 0 Å². The van der Waals surface area contributed by atoms with Gasteiger partial charge in [0.05, 0.1) is 0 Å². The molecule has 0 bridgehead atoms. The van der Waals surface area contributed by atoms with Gasteiger partial charge in [-0.2, -0.15) is 0 Å². The third kappa shape index (κ3) is 2.11. The maximum Gasteiger partial charge on any atom is 0.260 e. The zero-order valence-corrected chi connectivity index (χ0v) is 11.4. The second kappa shape index (κ2) is 5.29. The van der Waals surface area contributed by atoms with Gasteiger partial charge < -0.3 is 0 Å². The van der Waals surface area contributed by atoms with Crippen LogP contribution < -0.4 is 5.56 Å². The van der Waals surface area contributed by atoms with Gasteiger partial charge in [-0.3, -0.25) is 9.36 Å². The first kappa shape index (κ1) is 12.6. The van der Waals surface area contributed by atoms with Crippen LogP contribution in [0.15, 0.2) is 59.5 Å². The highest BCUT2D eigenvalue weighted by atomic mass is 16.1. The van der Waals surface area contributed by atoms with Crippen molar-refractivity contribution in [2.75, 3.05) is 0 Å². The minimum atomic E-state index is 0.0317. The summed E-state index contributed by atoms with van der Waals surface area (Å²) < 4.78 is 1.78. The maximum absolute atomic E-state index is 12.7. The number of rotatable bonds is 3. The Morgan fingerprint density at radius 3 is 2.65 bits per heavy atom. The molecule has 0 aliphatic rings. The first-order valence-electron chi connectivity index (χ1n) is 6.85. The topological polar surface area (TPSA) is 34.9 Å². The van der Waals surface area contributed by atoms with Crippen LogP contribution in [-0.4, -0.2) is 9.55 Å². The highest BCUT2D eigenvalue weighted by molar-refractivity contribution is 5.81. The molecule has 3 nitrogen and oxygen atoms in total. The van der Waals surface area contributed by atoms with Crippen molar-refractivity contribution in [3.8, 4) is 11.1 Å². The minimum Gasteiger partial charge on any atom is -0.292 e. The lowest BCUT2D eigenvalue weighted by Gasteiger charge is -2.11. The van der Waals surface area contributed by atoms with Crippen molar-refractivity contribution in [2.24, 2.45) is 0 Å². The van der Waals surface area contributed by atoms with Gasteiger partial charge in [0, 0.05) is 23.7 Å². The van der Waals surface area contributed by atoms with E-state index < -0.39 is 0 Å². The van der Waals surface area contributed by atoms with Gasteiger partial charge in [0.15, 0.2) is 0 Å². The smallest absolute Gasteiger partial charge is 0.260 e. The molecule has 100 valence electrons. The van der Waals surface area contributed by atoms with Gasteiger partial charge in [0.25, 0.3) is 5.56 Å². The Morgan fingerprint density at radius 1 is 1.10 bits per heavy atom. The van der Waals surface area contributed by atoms with Crippen LogP contribution in [0.3, 0.4) is 0 Å². The van der Waals surface area contributed by atoms with Gasteiger partial charge in [-0.25, -0.2) is 4.98 Å². The van der Waals surface area contributed by atoms with Crippen molar-refractivity contribution >= 4 is 11.0 Å². The van der Waals surface area contributed by atoms with Crippen LogP contribution in [0.5, 0.6) is 0 Å². The van der Waals surface area contributed by atoms with E-state index in [1.807, 2.05) is 48.5 Å². The largest absolute Gasteiger partial charge is 0.292 e. The number of hydrogen-bond donors (Lipinski definition) is 0. The third-order valence-electron chi connectivity index (χ3n) is 3.38. The SMILES string of the molecule is CCCn1c(=O)c(-c2ccccc2)cc2cccnc21. The van der Waals surface area contributed by atoms with Crippen LogP contribution >= 0.6 is 0 Å². The van der Waals surface area contributed by atoms with E-state index in [1.54, 1.807) is 10.8 Å². The molecule has 0 aliphatic carbocycles. The Morgan fingerprint density at radius 2 is 1.90 bits per heavy atom. The van der Waals surface area contributed by atoms with E-state index in [9.17, 15) is 4.79 Å². The summed E-state index contributed by atoms with van der Waals surface area (Å²) in [5.74, 6) is 0. The summed E-state index contributed by atoms with van der Waals surface area (Å²) in [5.41, 5.74) is 2.48. The summed E-state index contributed by atoms with van der Waals surface area (Å²) >= 11 is 0. The van der Waals surface area contributed by atoms with E-state index in [2.05, 4.69) is 11.9 Å². The predicted molar refractivity (Wildman–Crippen MR) is 81.7 cm³/mol. The Kier molecular flexibility index (Phi) is 3.33. The Labute approximate surface area is 117 Å². The predicted octanol–water partition coefficient (Wildman–Crippen LogP) is 3.47. The first-order chi connectivity index (χ1) is 9.81. The fourth-order valence-corrected chi connectivity index (χ4v) is 2.46. The molecule has 0 atom stereocenters. The van der Waals surface area contributed by atoms with E-state index >= 15 is 0 Å². The third-order valence-corrected chi connectivity index (χ3v) is 3.38. The molecule has 2 aromatic heterocycles. The molecule has 0 fully saturated rings. The Hall–Kier alpha value is -2.42. The Bertz CT molecular complexity index is 791. The lowest BCUT2D eigenvalue weighted by atomic mass is 10.1. The second-order valence-electron chi connectivity index (χ2n) is 4.80. The molecule has 3 rings (SSSR count). The quantitative estimate of drug-likeness (QED) is 0.726. The molecule has 0 radical (unpaired) electrons. The van der Waals surface area contributed by atoms with Crippen LogP contribution in [0, 0.1) is 0 Å². The highest BCUT2D eigenvalue weighted by Crippen LogP contribution is 2.19. The number of aromatic nitrogens is 2. The van der Waals surface area contributed by atoms with Crippen LogP contribution in [0.2, 0.25) is 0 Å². The number of hydrogen-bond acceptors (Lipinski definition) is 2. The van der Waals surface area contributed by atoms with E-state index in [1.165, 1.54) is 0 Å². The summed E-state index contributed by atoms with van der Waals surface area (Å²) in [6.45, 7) is 2.75. The first-order valence-corrected chi connectivity index (χ1v) is 6.85. The molecule has 0 saturated carbocycles.